The number of benzene rings is 4. The normalized spacial score (nSPS) is 12.1. The molecule has 4 rings (SSSR count). The number of sulfonamides is 1. The Bertz CT molecular complexity index is 1460. The molecular formula is C29H28N2O3S. The quantitative estimate of drug-likeness (QED) is 0.341. The lowest BCUT2D eigenvalue weighted by Crippen LogP contribution is -2.30. The van der Waals surface area contributed by atoms with Crippen molar-refractivity contribution in [2.75, 3.05) is 4.72 Å². The van der Waals surface area contributed by atoms with Gasteiger partial charge in [0.25, 0.3) is 15.9 Å². The second kappa shape index (κ2) is 10.2. The van der Waals surface area contributed by atoms with Gasteiger partial charge >= 0.3 is 0 Å². The zero-order valence-corrected chi connectivity index (χ0v) is 20.8. The van der Waals surface area contributed by atoms with E-state index in [2.05, 4.69) is 10.0 Å². The predicted molar refractivity (Wildman–Crippen MR) is 140 cm³/mol. The summed E-state index contributed by atoms with van der Waals surface area (Å²) in [6.07, 6.45) is 0. The van der Waals surface area contributed by atoms with Gasteiger partial charge in [-0.3, -0.25) is 9.52 Å². The Hall–Kier alpha value is -3.90. The van der Waals surface area contributed by atoms with Crippen molar-refractivity contribution in [2.45, 2.75) is 31.7 Å². The van der Waals surface area contributed by atoms with Gasteiger partial charge in [-0.1, -0.05) is 78.9 Å². The second-order valence-corrected chi connectivity index (χ2v) is 10.2. The largest absolute Gasteiger partial charge is 0.341 e. The maximum absolute atomic E-state index is 13.4. The van der Waals surface area contributed by atoms with Gasteiger partial charge in [0.05, 0.1) is 16.6 Å². The van der Waals surface area contributed by atoms with Crippen LogP contribution in [0.5, 0.6) is 0 Å². The Balaban J connectivity index is 1.67. The zero-order valence-electron chi connectivity index (χ0n) is 19.9. The summed E-state index contributed by atoms with van der Waals surface area (Å²) in [6, 6.07) is 29.2. The Kier molecular flexibility index (Phi) is 7.03. The number of hydrogen-bond acceptors (Lipinski definition) is 3. The SMILES string of the molecule is Cc1ccccc1NS(=O)(=O)c1cc(C(=O)N[C@@H](c2ccccc2)c2ccccc2C)ccc1C. The molecule has 2 N–H and O–H groups in total. The Morgan fingerprint density at radius 3 is 2.03 bits per heavy atom. The van der Waals surface area contributed by atoms with Crippen LogP contribution in [0.2, 0.25) is 0 Å². The molecule has 0 unspecified atom stereocenters. The van der Waals surface area contributed by atoms with Gasteiger partial charge in [-0.05, 0) is 66.8 Å². The van der Waals surface area contributed by atoms with Crippen LogP contribution in [0, 0.1) is 20.8 Å². The fourth-order valence-electron chi connectivity index (χ4n) is 4.03. The standard InChI is InChI=1S/C29H28N2O3S/c1-20-11-7-9-15-25(20)28(23-13-5-4-6-14-23)30-29(32)24-18-17-22(3)27(19-24)35(33,34)31-26-16-10-8-12-21(26)2/h4-19,28,31H,1-3H3,(H,30,32)/t28-/m0/s1. The van der Waals surface area contributed by atoms with E-state index >= 15 is 0 Å². The molecule has 0 bridgehead atoms. The van der Waals surface area contributed by atoms with Crippen molar-refractivity contribution in [1.29, 1.82) is 0 Å². The van der Waals surface area contributed by atoms with E-state index in [4.69, 9.17) is 0 Å². The maximum atomic E-state index is 13.4. The summed E-state index contributed by atoms with van der Waals surface area (Å²) in [5.74, 6) is -0.352. The molecule has 0 aliphatic heterocycles. The molecule has 1 atom stereocenters. The Labute approximate surface area is 206 Å². The first-order valence-corrected chi connectivity index (χ1v) is 12.8. The molecule has 6 heteroatoms. The minimum absolute atomic E-state index is 0.0700. The van der Waals surface area contributed by atoms with Crippen LogP contribution < -0.4 is 10.0 Å². The molecule has 0 aromatic heterocycles. The van der Waals surface area contributed by atoms with Crippen LogP contribution in [0.15, 0.2) is 102 Å². The molecule has 0 saturated heterocycles. The molecule has 0 radical (unpaired) electrons. The summed E-state index contributed by atoms with van der Waals surface area (Å²) < 4.78 is 29.1. The highest BCUT2D eigenvalue weighted by Gasteiger charge is 2.23. The van der Waals surface area contributed by atoms with E-state index in [1.807, 2.05) is 80.6 Å². The summed E-state index contributed by atoms with van der Waals surface area (Å²) >= 11 is 0. The molecule has 5 nitrogen and oxygen atoms in total. The summed E-state index contributed by atoms with van der Waals surface area (Å²) in [4.78, 5) is 13.5. The highest BCUT2D eigenvalue weighted by Crippen LogP contribution is 2.27. The second-order valence-electron chi connectivity index (χ2n) is 8.57. The van der Waals surface area contributed by atoms with Crippen LogP contribution >= 0.6 is 0 Å². The number of para-hydroxylation sites is 1. The monoisotopic (exact) mass is 484 g/mol. The number of carbonyl (C=O) groups is 1. The van der Waals surface area contributed by atoms with Gasteiger partial charge in [0, 0.05) is 5.56 Å². The van der Waals surface area contributed by atoms with Crippen LogP contribution in [-0.2, 0) is 10.0 Å². The lowest BCUT2D eigenvalue weighted by molar-refractivity contribution is 0.0942. The van der Waals surface area contributed by atoms with Gasteiger partial charge in [0.2, 0.25) is 0 Å². The van der Waals surface area contributed by atoms with E-state index in [0.717, 1.165) is 22.3 Å². The Morgan fingerprint density at radius 2 is 1.34 bits per heavy atom. The van der Waals surface area contributed by atoms with Crippen molar-refractivity contribution in [3.05, 3.63) is 130 Å². The van der Waals surface area contributed by atoms with E-state index in [1.165, 1.54) is 6.07 Å². The molecule has 0 spiro atoms. The minimum Gasteiger partial charge on any atom is -0.341 e. The first-order valence-electron chi connectivity index (χ1n) is 11.4. The van der Waals surface area contributed by atoms with Crippen molar-refractivity contribution in [2.24, 2.45) is 0 Å². The summed E-state index contributed by atoms with van der Waals surface area (Å²) in [5.41, 5.74) is 5.12. The van der Waals surface area contributed by atoms with Crippen molar-refractivity contribution >= 4 is 21.6 Å². The van der Waals surface area contributed by atoms with E-state index in [0.29, 0.717) is 11.3 Å². The molecule has 178 valence electrons. The van der Waals surface area contributed by atoms with Crippen molar-refractivity contribution in [3.8, 4) is 0 Å². The Morgan fingerprint density at radius 1 is 0.714 bits per heavy atom. The third-order valence-corrected chi connectivity index (χ3v) is 7.54. The predicted octanol–water partition coefficient (Wildman–Crippen LogP) is 5.93. The number of amides is 1. The lowest BCUT2D eigenvalue weighted by Gasteiger charge is -2.22. The third-order valence-electron chi connectivity index (χ3n) is 6.04. The molecule has 4 aromatic rings. The van der Waals surface area contributed by atoms with Gasteiger partial charge in [0.15, 0.2) is 0 Å². The summed E-state index contributed by atoms with van der Waals surface area (Å²) in [5, 5.41) is 3.11. The van der Waals surface area contributed by atoms with Gasteiger partial charge in [-0.2, -0.15) is 0 Å². The van der Waals surface area contributed by atoms with Gasteiger partial charge in [-0.25, -0.2) is 8.42 Å². The summed E-state index contributed by atoms with van der Waals surface area (Å²) in [6.45, 7) is 5.56. The maximum Gasteiger partial charge on any atom is 0.262 e. The summed E-state index contributed by atoms with van der Waals surface area (Å²) in [7, 11) is -3.89. The van der Waals surface area contributed by atoms with Crippen LogP contribution in [0.3, 0.4) is 0 Å². The fraction of sp³-hybridized carbons (Fsp3) is 0.138. The van der Waals surface area contributed by atoms with Crippen LogP contribution in [-0.4, -0.2) is 14.3 Å². The van der Waals surface area contributed by atoms with E-state index < -0.39 is 10.0 Å². The number of hydrogen-bond donors (Lipinski definition) is 2. The highest BCUT2D eigenvalue weighted by molar-refractivity contribution is 7.92. The topological polar surface area (TPSA) is 75.3 Å². The first kappa shape index (κ1) is 24.2. The van der Waals surface area contributed by atoms with Crippen molar-refractivity contribution in [3.63, 3.8) is 0 Å². The minimum atomic E-state index is -3.89. The molecule has 0 heterocycles. The first-order chi connectivity index (χ1) is 16.8. The van der Waals surface area contributed by atoms with Crippen LogP contribution in [0.4, 0.5) is 5.69 Å². The number of aryl methyl sites for hydroxylation is 3. The zero-order chi connectivity index (χ0) is 25.0. The van der Waals surface area contributed by atoms with E-state index in [1.54, 1.807) is 31.2 Å². The molecule has 0 fully saturated rings. The highest BCUT2D eigenvalue weighted by atomic mass is 32.2. The molecule has 4 aromatic carbocycles. The molecule has 0 aliphatic rings. The molecular weight excluding hydrogens is 456 g/mol. The smallest absolute Gasteiger partial charge is 0.262 e. The van der Waals surface area contributed by atoms with Crippen molar-refractivity contribution < 1.29 is 13.2 Å². The number of anilines is 1. The van der Waals surface area contributed by atoms with Crippen molar-refractivity contribution in [1.82, 2.24) is 5.32 Å². The molecule has 0 aliphatic carbocycles. The van der Waals surface area contributed by atoms with Crippen LogP contribution in [0.25, 0.3) is 0 Å². The van der Waals surface area contributed by atoms with Gasteiger partial charge in [-0.15, -0.1) is 0 Å². The van der Waals surface area contributed by atoms with Crippen LogP contribution in [0.1, 0.15) is 44.2 Å². The molecule has 1 amide bonds. The average molecular weight is 485 g/mol. The molecule has 0 saturated carbocycles. The van der Waals surface area contributed by atoms with E-state index in [-0.39, 0.29) is 22.4 Å². The van der Waals surface area contributed by atoms with E-state index in [9.17, 15) is 13.2 Å². The average Bonchev–Trinajstić information content (AvgIpc) is 2.85. The lowest BCUT2D eigenvalue weighted by atomic mass is 9.94. The van der Waals surface area contributed by atoms with Gasteiger partial charge < -0.3 is 5.32 Å². The number of carbonyl (C=O) groups excluding carboxylic acids is 1. The third kappa shape index (κ3) is 5.44. The fourth-order valence-corrected chi connectivity index (χ4v) is 5.43. The van der Waals surface area contributed by atoms with Gasteiger partial charge in [0.1, 0.15) is 0 Å². The number of nitrogens with one attached hydrogen (secondary N) is 2. The molecule has 35 heavy (non-hydrogen) atoms. The number of rotatable bonds is 7.